The molecule has 1 amide bonds. The number of hydrogen-bond donors (Lipinski definition) is 2. The van der Waals surface area contributed by atoms with Gasteiger partial charge in [0.15, 0.2) is 0 Å². The number of halogens is 1. The summed E-state index contributed by atoms with van der Waals surface area (Å²) in [5.74, 6) is -0.547. The van der Waals surface area contributed by atoms with Gasteiger partial charge in [0, 0.05) is 18.1 Å². The Kier molecular flexibility index (Phi) is 4.29. The summed E-state index contributed by atoms with van der Waals surface area (Å²) < 4.78 is 0.941. The molecule has 0 radical (unpaired) electrons. The van der Waals surface area contributed by atoms with Crippen LogP contribution in [0.3, 0.4) is 0 Å². The molecule has 2 aromatic carbocycles. The third-order valence-electron chi connectivity index (χ3n) is 2.87. The lowest BCUT2D eigenvalue weighted by molar-refractivity contribution is 0.0781. The maximum Gasteiger partial charge on any atom is 0.257 e. The second kappa shape index (κ2) is 5.96. The molecule has 0 spiro atoms. The first-order valence-electron chi connectivity index (χ1n) is 5.99. The fourth-order valence-corrected chi connectivity index (χ4v) is 2.33. The molecule has 2 aromatic rings. The Labute approximate surface area is 125 Å². The molecule has 0 aromatic heterocycles. The van der Waals surface area contributed by atoms with Crippen molar-refractivity contribution in [3.05, 3.63) is 58.1 Å². The van der Waals surface area contributed by atoms with Crippen LogP contribution < -0.4 is 0 Å². The average molecular weight is 336 g/mol. The molecule has 0 atom stereocenters. The summed E-state index contributed by atoms with van der Waals surface area (Å²) in [5.41, 5.74) is 1.05. The zero-order valence-corrected chi connectivity index (χ0v) is 12.5. The molecular formula is C15H14BrNO3. The Morgan fingerprint density at radius 2 is 1.95 bits per heavy atom. The molecule has 0 unspecified atom stereocenters. The van der Waals surface area contributed by atoms with Gasteiger partial charge in [0.1, 0.15) is 11.5 Å². The molecule has 0 saturated heterocycles. The molecule has 0 bridgehead atoms. The first-order chi connectivity index (χ1) is 9.47. The van der Waals surface area contributed by atoms with E-state index in [4.69, 9.17) is 0 Å². The van der Waals surface area contributed by atoms with Gasteiger partial charge in [0.2, 0.25) is 0 Å². The van der Waals surface area contributed by atoms with Crippen molar-refractivity contribution in [2.24, 2.45) is 0 Å². The molecule has 20 heavy (non-hydrogen) atoms. The lowest BCUT2D eigenvalue weighted by Gasteiger charge is -2.18. The molecule has 4 nitrogen and oxygen atoms in total. The van der Waals surface area contributed by atoms with E-state index >= 15 is 0 Å². The van der Waals surface area contributed by atoms with Crippen molar-refractivity contribution in [3.8, 4) is 11.5 Å². The molecule has 0 aliphatic heterocycles. The molecule has 0 aliphatic rings. The Balaban J connectivity index is 2.18. The Morgan fingerprint density at radius 3 is 2.65 bits per heavy atom. The summed E-state index contributed by atoms with van der Waals surface area (Å²) in [6.07, 6.45) is 0. The van der Waals surface area contributed by atoms with E-state index in [2.05, 4.69) is 15.9 Å². The largest absolute Gasteiger partial charge is 0.508 e. The maximum atomic E-state index is 12.3. The smallest absolute Gasteiger partial charge is 0.257 e. The number of carbonyl (C=O) groups excluding carboxylic acids is 1. The van der Waals surface area contributed by atoms with Gasteiger partial charge in [-0.25, -0.2) is 0 Å². The van der Waals surface area contributed by atoms with Gasteiger partial charge in [-0.2, -0.15) is 0 Å². The van der Waals surface area contributed by atoms with Crippen LogP contribution in [0.15, 0.2) is 46.9 Å². The van der Waals surface area contributed by atoms with Crippen LogP contribution in [0, 0.1) is 0 Å². The van der Waals surface area contributed by atoms with Crippen molar-refractivity contribution in [1.29, 1.82) is 0 Å². The van der Waals surface area contributed by atoms with E-state index in [1.165, 1.54) is 23.1 Å². The molecule has 0 saturated carbocycles. The van der Waals surface area contributed by atoms with Gasteiger partial charge >= 0.3 is 0 Å². The van der Waals surface area contributed by atoms with E-state index in [1.807, 2.05) is 24.3 Å². The van der Waals surface area contributed by atoms with Crippen molar-refractivity contribution in [1.82, 2.24) is 4.90 Å². The number of aromatic hydroxyl groups is 2. The molecule has 5 heteroatoms. The third-order valence-corrected chi connectivity index (χ3v) is 3.36. The van der Waals surface area contributed by atoms with E-state index in [0.29, 0.717) is 6.54 Å². The minimum Gasteiger partial charge on any atom is -0.508 e. The summed E-state index contributed by atoms with van der Waals surface area (Å²) in [6.45, 7) is 0.410. The molecule has 2 N–H and O–H groups in total. The number of nitrogens with zero attached hydrogens (tertiary/aromatic N) is 1. The molecule has 0 aliphatic carbocycles. The van der Waals surface area contributed by atoms with Crippen molar-refractivity contribution < 1.29 is 15.0 Å². The summed E-state index contributed by atoms with van der Waals surface area (Å²) in [6, 6.07) is 11.5. The SMILES string of the molecule is CN(Cc1cccc(Br)c1)C(=O)c1cc(O)ccc1O. The number of carbonyl (C=O) groups is 1. The second-order valence-electron chi connectivity index (χ2n) is 4.49. The van der Waals surface area contributed by atoms with E-state index in [-0.39, 0.29) is 23.0 Å². The highest BCUT2D eigenvalue weighted by atomic mass is 79.9. The Hall–Kier alpha value is -2.01. The van der Waals surface area contributed by atoms with Gasteiger partial charge in [-0.15, -0.1) is 0 Å². The van der Waals surface area contributed by atoms with E-state index in [9.17, 15) is 15.0 Å². The highest BCUT2D eigenvalue weighted by Crippen LogP contribution is 2.24. The van der Waals surface area contributed by atoms with Gasteiger partial charge in [0.05, 0.1) is 5.56 Å². The number of rotatable bonds is 3. The summed E-state index contributed by atoms with van der Waals surface area (Å²) >= 11 is 3.38. The zero-order chi connectivity index (χ0) is 14.7. The van der Waals surface area contributed by atoms with E-state index < -0.39 is 0 Å². The standard InChI is InChI=1S/C15H14BrNO3/c1-17(9-10-3-2-4-11(16)7-10)15(20)13-8-12(18)5-6-14(13)19/h2-8,18-19H,9H2,1H3. The molecule has 0 fully saturated rings. The predicted molar refractivity (Wildman–Crippen MR) is 79.7 cm³/mol. The maximum absolute atomic E-state index is 12.3. The quantitative estimate of drug-likeness (QED) is 0.847. The number of hydrogen-bond acceptors (Lipinski definition) is 3. The van der Waals surface area contributed by atoms with Crippen LogP contribution in [-0.4, -0.2) is 28.1 Å². The van der Waals surface area contributed by atoms with Crippen molar-refractivity contribution in [2.45, 2.75) is 6.54 Å². The van der Waals surface area contributed by atoms with Crippen LogP contribution in [0.2, 0.25) is 0 Å². The van der Waals surface area contributed by atoms with E-state index in [1.54, 1.807) is 7.05 Å². The summed E-state index contributed by atoms with van der Waals surface area (Å²) in [4.78, 5) is 13.7. The van der Waals surface area contributed by atoms with Crippen LogP contribution in [-0.2, 0) is 6.54 Å². The van der Waals surface area contributed by atoms with Gasteiger partial charge < -0.3 is 15.1 Å². The number of amides is 1. The highest BCUT2D eigenvalue weighted by molar-refractivity contribution is 9.10. The van der Waals surface area contributed by atoms with Gasteiger partial charge in [0.25, 0.3) is 5.91 Å². The predicted octanol–water partition coefficient (Wildman–Crippen LogP) is 3.13. The minimum absolute atomic E-state index is 0.0537. The van der Waals surface area contributed by atoms with Crippen molar-refractivity contribution >= 4 is 21.8 Å². The first-order valence-corrected chi connectivity index (χ1v) is 6.78. The fourth-order valence-electron chi connectivity index (χ4n) is 1.88. The molecule has 0 heterocycles. The number of phenolic OH excluding ortho intramolecular Hbond substituents is 2. The molecular weight excluding hydrogens is 322 g/mol. The van der Waals surface area contributed by atoms with E-state index in [0.717, 1.165) is 10.0 Å². The monoisotopic (exact) mass is 335 g/mol. The molecule has 104 valence electrons. The third kappa shape index (κ3) is 3.30. The lowest BCUT2D eigenvalue weighted by atomic mass is 10.1. The lowest BCUT2D eigenvalue weighted by Crippen LogP contribution is -2.26. The zero-order valence-electron chi connectivity index (χ0n) is 10.9. The van der Waals surface area contributed by atoms with Crippen molar-refractivity contribution in [2.75, 3.05) is 7.05 Å². The van der Waals surface area contributed by atoms with Crippen LogP contribution >= 0.6 is 15.9 Å². The Bertz CT molecular complexity index is 643. The van der Waals surface area contributed by atoms with Crippen LogP contribution in [0.25, 0.3) is 0 Å². The van der Waals surface area contributed by atoms with Gasteiger partial charge in [-0.05, 0) is 35.9 Å². The fraction of sp³-hybridized carbons (Fsp3) is 0.133. The average Bonchev–Trinajstić information content (AvgIpc) is 2.40. The topological polar surface area (TPSA) is 60.8 Å². The van der Waals surface area contributed by atoms with Gasteiger partial charge in [-0.3, -0.25) is 4.79 Å². The van der Waals surface area contributed by atoms with Crippen LogP contribution in [0.5, 0.6) is 11.5 Å². The summed E-state index contributed by atoms with van der Waals surface area (Å²) in [7, 11) is 1.65. The Morgan fingerprint density at radius 1 is 1.20 bits per heavy atom. The van der Waals surface area contributed by atoms with Crippen LogP contribution in [0.1, 0.15) is 15.9 Å². The van der Waals surface area contributed by atoms with Crippen molar-refractivity contribution in [3.63, 3.8) is 0 Å². The second-order valence-corrected chi connectivity index (χ2v) is 5.41. The number of benzene rings is 2. The first kappa shape index (κ1) is 14.4. The number of phenols is 2. The van der Waals surface area contributed by atoms with Crippen LogP contribution in [0.4, 0.5) is 0 Å². The van der Waals surface area contributed by atoms with Gasteiger partial charge in [-0.1, -0.05) is 28.1 Å². The summed E-state index contributed by atoms with van der Waals surface area (Å²) in [5, 5.41) is 19.1. The molecule has 2 rings (SSSR count). The highest BCUT2D eigenvalue weighted by Gasteiger charge is 2.16. The minimum atomic E-state index is -0.349. The normalized spacial score (nSPS) is 10.3.